The fraction of sp³-hybridized carbons (Fsp3) is 0.615. The van der Waals surface area contributed by atoms with Gasteiger partial charge in [-0.15, -0.1) is 11.3 Å². The second kappa shape index (κ2) is 4.02. The molecule has 1 aliphatic carbocycles. The summed E-state index contributed by atoms with van der Waals surface area (Å²) >= 11 is 1.79. The first kappa shape index (κ1) is 11.1. The van der Waals surface area contributed by atoms with E-state index >= 15 is 0 Å². The van der Waals surface area contributed by atoms with Gasteiger partial charge in [-0.05, 0) is 37.2 Å². The molecule has 1 amide bonds. The number of carbonyl (C=O) groups is 1. The van der Waals surface area contributed by atoms with E-state index in [0.717, 1.165) is 23.4 Å². The monoisotopic (exact) mass is 250 g/mol. The highest BCUT2D eigenvalue weighted by Gasteiger charge is 2.32. The van der Waals surface area contributed by atoms with Crippen LogP contribution in [0.15, 0.2) is 0 Å². The highest BCUT2D eigenvalue weighted by Crippen LogP contribution is 2.40. The molecule has 0 saturated heterocycles. The second-order valence-electron chi connectivity index (χ2n) is 5.25. The Labute approximate surface area is 106 Å². The van der Waals surface area contributed by atoms with Crippen LogP contribution in [0, 0.1) is 5.92 Å². The maximum absolute atomic E-state index is 12.2. The molecule has 3 rings (SSSR count). The Kier molecular flexibility index (Phi) is 2.62. The van der Waals surface area contributed by atoms with E-state index in [-0.39, 0.29) is 12.1 Å². The summed E-state index contributed by atoms with van der Waals surface area (Å²) in [6.07, 6.45) is 4.78. The van der Waals surface area contributed by atoms with Crippen molar-refractivity contribution in [1.29, 1.82) is 0 Å². The van der Waals surface area contributed by atoms with Crippen LogP contribution >= 0.6 is 11.3 Å². The molecule has 4 heteroatoms. The fourth-order valence-corrected chi connectivity index (χ4v) is 3.96. The quantitative estimate of drug-likeness (QED) is 0.804. The Balaban J connectivity index is 2.01. The lowest BCUT2D eigenvalue weighted by atomic mass is 9.94. The SMILES string of the molecule is CC(C)[C@@H]1NC(=O)c2c(sc3c2CCCC3)N1. The molecule has 0 saturated carbocycles. The molecule has 0 bridgehead atoms. The van der Waals surface area contributed by atoms with Gasteiger partial charge < -0.3 is 10.6 Å². The Morgan fingerprint density at radius 3 is 2.76 bits per heavy atom. The second-order valence-corrected chi connectivity index (χ2v) is 6.36. The van der Waals surface area contributed by atoms with Crippen molar-refractivity contribution in [2.75, 3.05) is 5.32 Å². The summed E-state index contributed by atoms with van der Waals surface area (Å²) < 4.78 is 0. The van der Waals surface area contributed by atoms with E-state index < -0.39 is 0 Å². The van der Waals surface area contributed by atoms with E-state index in [2.05, 4.69) is 24.5 Å². The van der Waals surface area contributed by atoms with Crippen molar-refractivity contribution in [3.05, 3.63) is 16.0 Å². The van der Waals surface area contributed by atoms with Crippen molar-refractivity contribution in [2.45, 2.75) is 45.7 Å². The minimum Gasteiger partial charge on any atom is -0.356 e. The molecule has 1 aromatic heterocycles. The van der Waals surface area contributed by atoms with Gasteiger partial charge in [0.15, 0.2) is 0 Å². The Morgan fingerprint density at radius 1 is 1.24 bits per heavy atom. The summed E-state index contributed by atoms with van der Waals surface area (Å²) in [5, 5.41) is 7.63. The molecule has 92 valence electrons. The maximum Gasteiger partial charge on any atom is 0.256 e. The molecular formula is C13H18N2OS. The molecule has 0 spiro atoms. The van der Waals surface area contributed by atoms with Crippen LogP contribution in [-0.2, 0) is 12.8 Å². The van der Waals surface area contributed by atoms with Crippen LogP contribution in [0.3, 0.4) is 0 Å². The average Bonchev–Trinajstić information content (AvgIpc) is 2.67. The lowest BCUT2D eigenvalue weighted by Gasteiger charge is -2.29. The molecule has 2 aliphatic rings. The lowest BCUT2D eigenvalue weighted by Crippen LogP contribution is -2.47. The summed E-state index contributed by atoms with van der Waals surface area (Å²) in [7, 11) is 0. The topological polar surface area (TPSA) is 41.1 Å². The van der Waals surface area contributed by atoms with Crippen LogP contribution in [0.1, 0.15) is 47.5 Å². The number of carbonyl (C=O) groups excluding carboxylic acids is 1. The molecule has 0 fully saturated rings. The van der Waals surface area contributed by atoms with Gasteiger partial charge in [-0.1, -0.05) is 13.8 Å². The van der Waals surface area contributed by atoms with Crippen molar-refractivity contribution in [1.82, 2.24) is 5.32 Å². The van der Waals surface area contributed by atoms with Gasteiger partial charge in [0, 0.05) is 4.88 Å². The number of rotatable bonds is 1. The van der Waals surface area contributed by atoms with E-state index in [0.29, 0.717) is 5.92 Å². The predicted octanol–water partition coefficient (Wildman–Crippen LogP) is 2.76. The third kappa shape index (κ3) is 1.75. The van der Waals surface area contributed by atoms with Crippen LogP contribution in [0.25, 0.3) is 0 Å². The van der Waals surface area contributed by atoms with Crippen LogP contribution in [0.5, 0.6) is 0 Å². The zero-order valence-corrected chi connectivity index (χ0v) is 11.1. The summed E-state index contributed by atoms with van der Waals surface area (Å²) in [6.45, 7) is 4.24. The van der Waals surface area contributed by atoms with Gasteiger partial charge in [0.05, 0.1) is 5.56 Å². The first-order chi connectivity index (χ1) is 8.16. The largest absolute Gasteiger partial charge is 0.356 e. The smallest absolute Gasteiger partial charge is 0.256 e. The van der Waals surface area contributed by atoms with E-state index in [9.17, 15) is 4.79 Å². The maximum atomic E-state index is 12.2. The molecule has 2 heterocycles. The van der Waals surface area contributed by atoms with Crippen LogP contribution in [0.2, 0.25) is 0 Å². The minimum absolute atomic E-state index is 0.0788. The van der Waals surface area contributed by atoms with E-state index in [1.54, 1.807) is 11.3 Å². The zero-order valence-electron chi connectivity index (χ0n) is 10.3. The third-order valence-electron chi connectivity index (χ3n) is 3.64. The van der Waals surface area contributed by atoms with Crippen molar-refractivity contribution in [3.63, 3.8) is 0 Å². The summed E-state index contributed by atoms with van der Waals surface area (Å²) in [5.74, 6) is 0.531. The minimum atomic E-state index is 0.0788. The molecule has 3 nitrogen and oxygen atoms in total. The lowest BCUT2D eigenvalue weighted by molar-refractivity contribution is 0.0925. The van der Waals surface area contributed by atoms with E-state index in [4.69, 9.17) is 0 Å². The number of aryl methyl sites for hydroxylation is 1. The number of fused-ring (bicyclic) bond motifs is 3. The highest BCUT2D eigenvalue weighted by atomic mass is 32.1. The standard InChI is InChI=1S/C13H18N2OS/c1-7(2)11-14-12(16)10-8-5-3-4-6-9(8)17-13(10)15-11/h7,11,15H,3-6H2,1-2H3,(H,14,16)/t11-/m1/s1. The number of thiophene rings is 1. The van der Waals surface area contributed by atoms with Gasteiger partial charge in [0.1, 0.15) is 11.2 Å². The molecule has 2 N–H and O–H groups in total. The van der Waals surface area contributed by atoms with Crippen LogP contribution in [-0.4, -0.2) is 12.1 Å². The molecule has 0 unspecified atom stereocenters. The van der Waals surface area contributed by atoms with Crippen molar-refractivity contribution < 1.29 is 4.79 Å². The Bertz CT molecular complexity index is 464. The zero-order chi connectivity index (χ0) is 12.0. The summed E-state index contributed by atoms with van der Waals surface area (Å²) in [4.78, 5) is 13.6. The molecular weight excluding hydrogens is 232 g/mol. The molecule has 1 aromatic rings. The van der Waals surface area contributed by atoms with Gasteiger partial charge in [0.25, 0.3) is 5.91 Å². The van der Waals surface area contributed by atoms with Gasteiger partial charge in [-0.25, -0.2) is 0 Å². The number of anilines is 1. The van der Waals surface area contributed by atoms with E-state index in [1.165, 1.54) is 23.3 Å². The molecule has 17 heavy (non-hydrogen) atoms. The predicted molar refractivity (Wildman–Crippen MR) is 70.7 cm³/mol. The average molecular weight is 250 g/mol. The summed E-state index contributed by atoms with van der Waals surface area (Å²) in [5.41, 5.74) is 2.24. The number of hydrogen-bond donors (Lipinski definition) is 2. The normalized spacial score (nSPS) is 22.8. The van der Waals surface area contributed by atoms with Gasteiger partial charge >= 0.3 is 0 Å². The van der Waals surface area contributed by atoms with Crippen LogP contribution < -0.4 is 10.6 Å². The van der Waals surface area contributed by atoms with Crippen molar-refractivity contribution in [3.8, 4) is 0 Å². The van der Waals surface area contributed by atoms with Gasteiger partial charge in [-0.2, -0.15) is 0 Å². The van der Waals surface area contributed by atoms with E-state index in [1.807, 2.05) is 0 Å². The Morgan fingerprint density at radius 2 is 2.00 bits per heavy atom. The Hall–Kier alpha value is -1.03. The van der Waals surface area contributed by atoms with Crippen molar-refractivity contribution in [2.24, 2.45) is 5.92 Å². The van der Waals surface area contributed by atoms with Gasteiger partial charge in [-0.3, -0.25) is 4.79 Å². The molecule has 0 radical (unpaired) electrons. The fourth-order valence-electron chi connectivity index (χ4n) is 2.63. The molecule has 1 atom stereocenters. The van der Waals surface area contributed by atoms with Crippen LogP contribution in [0.4, 0.5) is 5.00 Å². The van der Waals surface area contributed by atoms with Crippen molar-refractivity contribution >= 4 is 22.2 Å². The summed E-state index contributed by atoms with van der Waals surface area (Å²) in [6, 6.07) is 0. The number of nitrogens with one attached hydrogen (secondary N) is 2. The first-order valence-electron chi connectivity index (χ1n) is 6.38. The molecule has 0 aromatic carbocycles. The first-order valence-corrected chi connectivity index (χ1v) is 7.20. The number of hydrogen-bond acceptors (Lipinski definition) is 3. The highest BCUT2D eigenvalue weighted by molar-refractivity contribution is 7.16. The molecule has 1 aliphatic heterocycles. The third-order valence-corrected chi connectivity index (χ3v) is 4.86. The van der Waals surface area contributed by atoms with Gasteiger partial charge in [0.2, 0.25) is 0 Å². The number of amides is 1.